The number of amides is 4. The summed E-state index contributed by atoms with van der Waals surface area (Å²) in [4.78, 5) is 65.3. The van der Waals surface area contributed by atoms with Crippen molar-refractivity contribution in [2.24, 2.45) is 11.1 Å². The molecule has 0 radical (unpaired) electrons. The molecule has 318 valence electrons. The van der Waals surface area contributed by atoms with Gasteiger partial charge in [0.15, 0.2) is 0 Å². The molecule has 0 saturated carbocycles. The molecule has 6 N–H and O–H groups in total. The standard InChI is InChI=1S/C43H60F2N6O6S/c1-6-7-8-12-16-35(48-29(2)52)41(55)47-25-36(42(56)57)49-38(53)19-22-58-28-39(54)51(21-13-20-46)40(43(3,4)5)37-23-31(33-24-32(44)17-18-34(33)45)27-50(37)26-30-14-10-9-11-15-30/h9-11,14-15,17-18,23-24,27,35-36,40H,6-8,12-13,16,19-22,25-26,28,46H2,1-5H3,(H,47,55)(H,48,52)(H,49,53)(H,56,57)/t35-,36+,40-/m0/s1. The van der Waals surface area contributed by atoms with Gasteiger partial charge in [0.2, 0.25) is 23.6 Å². The van der Waals surface area contributed by atoms with Crippen molar-refractivity contribution >= 4 is 41.4 Å². The van der Waals surface area contributed by atoms with Crippen molar-refractivity contribution in [1.82, 2.24) is 25.4 Å². The SMILES string of the molecule is CCCCCC[C@H](NC(C)=O)C(=O)NC[C@@H](NC(=O)CCSCC(=O)N(CCCN)[C@@H](c1cc(-c2cc(F)ccc2F)cn1Cc1ccccc1)C(C)(C)C)C(=O)O. The van der Waals surface area contributed by atoms with Crippen LogP contribution in [0, 0.1) is 17.0 Å². The molecule has 4 amide bonds. The molecule has 0 fully saturated rings. The molecule has 0 unspecified atom stereocenters. The first-order chi connectivity index (χ1) is 27.5. The van der Waals surface area contributed by atoms with Crippen molar-refractivity contribution in [3.05, 3.63) is 83.7 Å². The van der Waals surface area contributed by atoms with Gasteiger partial charge in [-0.05, 0) is 54.6 Å². The van der Waals surface area contributed by atoms with Crippen LogP contribution in [-0.2, 0) is 30.5 Å². The third-order valence-electron chi connectivity index (χ3n) is 9.55. The number of carboxylic acids is 1. The highest BCUT2D eigenvalue weighted by molar-refractivity contribution is 7.99. The number of nitrogens with one attached hydrogen (secondary N) is 3. The fourth-order valence-electron chi connectivity index (χ4n) is 6.76. The highest BCUT2D eigenvalue weighted by atomic mass is 32.2. The van der Waals surface area contributed by atoms with Crippen molar-refractivity contribution < 1.29 is 37.9 Å². The Morgan fingerprint density at radius 3 is 2.31 bits per heavy atom. The number of hydrogen-bond donors (Lipinski definition) is 5. The van der Waals surface area contributed by atoms with Gasteiger partial charge in [-0.2, -0.15) is 11.8 Å². The lowest BCUT2D eigenvalue weighted by molar-refractivity contribution is -0.142. The van der Waals surface area contributed by atoms with E-state index in [2.05, 4.69) is 22.9 Å². The van der Waals surface area contributed by atoms with Crippen LogP contribution in [0.2, 0.25) is 0 Å². The van der Waals surface area contributed by atoms with Crippen molar-refractivity contribution in [2.45, 2.75) is 104 Å². The minimum absolute atomic E-state index is 0.0103. The third-order valence-corrected chi connectivity index (χ3v) is 10.5. The number of carbonyl (C=O) groups is 5. The average molecular weight is 827 g/mol. The minimum atomic E-state index is -1.40. The number of halogens is 2. The second-order valence-corrected chi connectivity index (χ2v) is 16.6. The number of thioether (sulfide) groups is 1. The van der Waals surface area contributed by atoms with E-state index in [4.69, 9.17) is 5.73 Å². The minimum Gasteiger partial charge on any atom is -0.480 e. The molecule has 0 aliphatic carbocycles. The van der Waals surface area contributed by atoms with E-state index in [9.17, 15) is 33.5 Å². The molecule has 3 rings (SSSR count). The molecule has 12 nitrogen and oxygen atoms in total. The van der Waals surface area contributed by atoms with Crippen LogP contribution in [0.5, 0.6) is 0 Å². The summed E-state index contributed by atoms with van der Waals surface area (Å²) in [5, 5.41) is 17.4. The maximum atomic E-state index is 15.1. The lowest BCUT2D eigenvalue weighted by atomic mass is 9.83. The molecule has 3 aromatic rings. The zero-order valence-electron chi connectivity index (χ0n) is 34.3. The summed E-state index contributed by atoms with van der Waals surface area (Å²) >= 11 is 1.22. The summed E-state index contributed by atoms with van der Waals surface area (Å²) in [6.07, 6.45) is 6.21. The number of hydrogen-bond acceptors (Lipinski definition) is 7. The molecule has 0 aliphatic heterocycles. The van der Waals surface area contributed by atoms with Gasteiger partial charge >= 0.3 is 5.97 Å². The number of aromatic nitrogens is 1. The largest absolute Gasteiger partial charge is 0.480 e. The summed E-state index contributed by atoms with van der Waals surface area (Å²) in [6.45, 7) is 10.1. The van der Waals surface area contributed by atoms with Gasteiger partial charge in [-0.15, -0.1) is 0 Å². The Morgan fingerprint density at radius 2 is 1.67 bits per heavy atom. The van der Waals surface area contributed by atoms with Crippen LogP contribution < -0.4 is 21.7 Å². The zero-order chi connectivity index (χ0) is 42.8. The van der Waals surface area contributed by atoms with Crippen LogP contribution >= 0.6 is 11.8 Å². The van der Waals surface area contributed by atoms with E-state index in [1.54, 1.807) is 11.1 Å². The summed E-state index contributed by atoms with van der Waals surface area (Å²) in [6, 6.07) is 12.1. The quantitative estimate of drug-likeness (QED) is 0.0681. The molecule has 1 heterocycles. The Labute approximate surface area is 345 Å². The highest BCUT2D eigenvalue weighted by Crippen LogP contribution is 2.41. The van der Waals surface area contributed by atoms with E-state index < -0.39 is 53.0 Å². The number of carboxylic acid groups (broad SMARTS) is 1. The Morgan fingerprint density at radius 1 is 0.948 bits per heavy atom. The van der Waals surface area contributed by atoms with E-state index >= 15 is 4.39 Å². The molecular formula is C43H60F2N6O6S. The van der Waals surface area contributed by atoms with Gasteiger partial charge in [0, 0.05) is 61.7 Å². The average Bonchev–Trinajstić information content (AvgIpc) is 3.57. The molecule has 0 aliphatic rings. The predicted octanol–water partition coefficient (Wildman–Crippen LogP) is 6.03. The number of unbranched alkanes of at least 4 members (excludes halogenated alkanes) is 3. The van der Waals surface area contributed by atoms with E-state index in [0.29, 0.717) is 44.5 Å². The van der Waals surface area contributed by atoms with E-state index in [0.717, 1.165) is 48.7 Å². The predicted molar refractivity (Wildman–Crippen MR) is 224 cm³/mol. The van der Waals surface area contributed by atoms with Gasteiger partial charge in [0.1, 0.15) is 23.7 Å². The van der Waals surface area contributed by atoms with Crippen LogP contribution in [0.15, 0.2) is 60.8 Å². The number of aliphatic carboxylic acids is 1. The van der Waals surface area contributed by atoms with E-state index in [-0.39, 0.29) is 41.8 Å². The van der Waals surface area contributed by atoms with Gasteiger partial charge in [0.25, 0.3) is 0 Å². The molecule has 1 aromatic heterocycles. The van der Waals surface area contributed by atoms with Gasteiger partial charge in [-0.1, -0.05) is 83.7 Å². The summed E-state index contributed by atoms with van der Waals surface area (Å²) in [5.74, 6) is -3.95. The first-order valence-corrected chi connectivity index (χ1v) is 21.0. The lowest BCUT2D eigenvalue weighted by Gasteiger charge is -2.41. The van der Waals surface area contributed by atoms with Crippen molar-refractivity contribution in [3.8, 4) is 11.1 Å². The summed E-state index contributed by atoms with van der Waals surface area (Å²) in [7, 11) is 0. The monoisotopic (exact) mass is 826 g/mol. The molecule has 0 bridgehead atoms. The first kappa shape index (κ1) is 47.6. The second-order valence-electron chi connectivity index (χ2n) is 15.5. The maximum absolute atomic E-state index is 15.1. The lowest BCUT2D eigenvalue weighted by Crippen LogP contribution is -2.52. The molecule has 0 saturated heterocycles. The van der Waals surface area contributed by atoms with Crippen molar-refractivity contribution in [2.75, 3.05) is 31.1 Å². The molecule has 2 aromatic carbocycles. The highest BCUT2D eigenvalue weighted by Gasteiger charge is 2.37. The van der Waals surface area contributed by atoms with Crippen LogP contribution in [0.25, 0.3) is 11.1 Å². The maximum Gasteiger partial charge on any atom is 0.328 e. The molecule has 3 atom stereocenters. The zero-order valence-corrected chi connectivity index (χ0v) is 35.1. The Kier molecular flexibility index (Phi) is 19.4. The molecule has 15 heteroatoms. The van der Waals surface area contributed by atoms with E-state index in [1.807, 2.05) is 61.7 Å². The second kappa shape index (κ2) is 23.6. The van der Waals surface area contributed by atoms with Gasteiger partial charge in [-0.3, -0.25) is 19.2 Å². The number of nitrogens with two attached hydrogens (primary N) is 1. The first-order valence-electron chi connectivity index (χ1n) is 19.9. The fourth-order valence-corrected chi connectivity index (χ4v) is 7.57. The normalized spacial score (nSPS) is 13.0. The van der Waals surface area contributed by atoms with Crippen LogP contribution in [-0.4, -0.2) is 87.4 Å². The topological polar surface area (TPSA) is 176 Å². The van der Waals surface area contributed by atoms with Gasteiger partial charge in [0.05, 0.1) is 11.8 Å². The summed E-state index contributed by atoms with van der Waals surface area (Å²) in [5.41, 5.74) is 7.69. The number of nitrogens with zero attached hydrogens (tertiary/aromatic N) is 2. The van der Waals surface area contributed by atoms with Crippen molar-refractivity contribution in [3.63, 3.8) is 0 Å². The van der Waals surface area contributed by atoms with Gasteiger partial charge in [-0.25, -0.2) is 13.6 Å². The Bertz CT molecular complexity index is 1820. The van der Waals surface area contributed by atoms with Crippen LogP contribution in [0.3, 0.4) is 0 Å². The van der Waals surface area contributed by atoms with Gasteiger partial charge < -0.3 is 36.3 Å². The molecule has 58 heavy (non-hydrogen) atoms. The van der Waals surface area contributed by atoms with Crippen molar-refractivity contribution in [1.29, 1.82) is 0 Å². The fraction of sp³-hybridized carbons (Fsp3) is 0.512. The number of benzene rings is 2. The smallest absolute Gasteiger partial charge is 0.328 e. The third kappa shape index (κ3) is 15.2. The number of carbonyl (C=O) groups excluding carboxylic acids is 4. The van der Waals surface area contributed by atoms with Crippen LogP contribution in [0.1, 0.15) is 96.9 Å². The number of rotatable bonds is 24. The Hall–Kier alpha value is -4.76. The Balaban J connectivity index is 1.73. The van der Waals surface area contributed by atoms with Crippen LogP contribution in [0.4, 0.5) is 8.78 Å². The molecule has 0 spiro atoms. The van der Waals surface area contributed by atoms with E-state index in [1.165, 1.54) is 18.7 Å². The molecular weight excluding hydrogens is 767 g/mol. The summed E-state index contributed by atoms with van der Waals surface area (Å²) < 4.78 is 31.4.